The van der Waals surface area contributed by atoms with Crippen molar-refractivity contribution in [3.8, 4) is 0 Å². The summed E-state index contributed by atoms with van der Waals surface area (Å²) < 4.78 is 40.9. The van der Waals surface area contributed by atoms with Gasteiger partial charge in [-0.3, -0.25) is 4.55 Å². The second-order valence-electron chi connectivity index (χ2n) is 6.53. The van der Waals surface area contributed by atoms with Gasteiger partial charge in [-0.2, -0.15) is 13.5 Å². The van der Waals surface area contributed by atoms with Crippen molar-refractivity contribution in [2.75, 3.05) is 19.6 Å². The average molecular weight is 373 g/mol. The molecule has 4 heterocycles. The van der Waals surface area contributed by atoms with Gasteiger partial charge in [-0.05, 0) is 32.2 Å². The van der Waals surface area contributed by atoms with Crippen LogP contribution in [0.4, 0.5) is 4.79 Å². The fraction of sp³-hybridized carbons (Fsp3) is 0.769. The summed E-state index contributed by atoms with van der Waals surface area (Å²) in [5.74, 6) is 1.07. The highest BCUT2D eigenvalue weighted by atomic mass is 32.3. The molecule has 11 nitrogen and oxygen atoms in total. The van der Waals surface area contributed by atoms with Crippen LogP contribution in [0.5, 0.6) is 0 Å². The highest BCUT2D eigenvalue weighted by Crippen LogP contribution is 2.38. The SMILES string of the molecule is O=C1N2C[C@@H](CC[C@H]2c2nnc([C@@H]3CCCNC3)o2)N1OS(=O)(=O)O. The normalized spacial score (nSPS) is 30.1. The van der Waals surface area contributed by atoms with E-state index >= 15 is 0 Å². The maximum Gasteiger partial charge on any atom is 0.418 e. The van der Waals surface area contributed by atoms with Crippen molar-refractivity contribution in [1.29, 1.82) is 0 Å². The molecule has 12 heteroatoms. The lowest BCUT2D eigenvalue weighted by atomic mass is 10.00. The zero-order valence-corrected chi connectivity index (χ0v) is 14.2. The molecule has 4 rings (SSSR count). The Bertz CT molecular complexity index is 761. The summed E-state index contributed by atoms with van der Waals surface area (Å²) in [5.41, 5.74) is 0. The molecule has 3 saturated heterocycles. The van der Waals surface area contributed by atoms with Gasteiger partial charge in [-0.15, -0.1) is 14.5 Å². The van der Waals surface area contributed by atoms with E-state index in [4.69, 9.17) is 8.97 Å². The number of hydrogen-bond acceptors (Lipinski definition) is 8. The first-order valence-corrected chi connectivity index (χ1v) is 9.60. The van der Waals surface area contributed by atoms with Crippen molar-refractivity contribution in [2.24, 2.45) is 0 Å². The predicted molar refractivity (Wildman–Crippen MR) is 81.5 cm³/mol. The second kappa shape index (κ2) is 6.20. The lowest BCUT2D eigenvalue weighted by Crippen LogP contribution is -2.35. The van der Waals surface area contributed by atoms with E-state index in [1.54, 1.807) is 0 Å². The van der Waals surface area contributed by atoms with E-state index in [2.05, 4.69) is 19.8 Å². The first-order valence-electron chi connectivity index (χ1n) is 8.23. The lowest BCUT2D eigenvalue weighted by molar-refractivity contribution is -0.0317. The molecule has 2 amide bonds. The number of hydroxylamine groups is 2. The van der Waals surface area contributed by atoms with Crippen LogP contribution in [0.2, 0.25) is 0 Å². The van der Waals surface area contributed by atoms with Crippen LogP contribution >= 0.6 is 0 Å². The van der Waals surface area contributed by atoms with Crippen LogP contribution < -0.4 is 5.32 Å². The molecule has 3 aliphatic rings. The van der Waals surface area contributed by atoms with E-state index < -0.39 is 28.5 Å². The summed E-state index contributed by atoms with van der Waals surface area (Å²) in [7, 11) is -4.75. The molecule has 0 unspecified atom stereocenters. The van der Waals surface area contributed by atoms with E-state index in [1.807, 2.05) is 0 Å². The largest absolute Gasteiger partial charge is 0.423 e. The number of carbonyl (C=O) groups is 1. The first-order chi connectivity index (χ1) is 11.9. The second-order valence-corrected chi connectivity index (χ2v) is 7.54. The number of urea groups is 1. The summed E-state index contributed by atoms with van der Waals surface area (Å²) in [6.07, 6.45) is 3.07. The maximum absolute atomic E-state index is 12.4. The van der Waals surface area contributed by atoms with Crippen LogP contribution in [-0.4, -0.2) is 64.8 Å². The number of carbonyl (C=O) groups excluding carboxylic acids is 1. The summed E-state index contributed by atoms with van der Waals surface area (Å²) in [4.78, 5) is 13.8. The van der Waals surface area contributed by atoms with Gasteiger partial charge < -0.3 is 14.6 Å². The molecule has 0 aliphatic carbocycles. The Balaban J connectivity index is 1.51. The summed E-state index contributed by atoms with van der Waals surface area (Å²) in [5, 5.41) is 12.2. The molecular weight excluding hydrogens is 354 g/mol. The number of aromatic nitrogens is 2. The van der Waals surface area contributed by atoms with E-state index in [9.17, 15) is 13.2 Å². The average Bonchev–Trinajstić information content (AvgIpc) is 3.16. The molecule has 0 saturated carbocycles. The van der Waals surface area contributed by atoms with E-state index in [-0.39, 0.29) is 12.5 Å². The Morgan fingerprint density at radius 2 is 2.04 bits per heavy atom. The fourth-order valence-corrected chi connectivity index (χ4v) is 4.09. The van der Waals surface area contributed by atoms with E-state index in [0.29, 0.717) is 29.7 Å². The van der Waals surface area contributed by atoms with Crippen molar-refractivity contribution in [3.63, 3.8) is 0 Å². The highest BCUT2D eigenvalue weighted by molar-refractivity contribution is 7.80. The molecule has 25 heavy (non-hydrogen) atoms. The summed E-state index contributed by atoms with van der Waals surface area (Å²) >= 11 is 0. The maximum atomic E-state index is 12.4. The molecule has 0 radical (unpaired) electrons. The lowest BCUT2D eigenvalue weighted by Gasteiger charge is -2.27. The third-order valence-electron chi connectivity index (χ3n) is 4.88. The monoisotopic (exact) mass is 373 g/mol. The van der Waals surface area contributed by atoms with Gasteiger partial charge in [0.05, 0.1) is 6.04 Å². The Kier molecular flexibility index (Phi) is 4.14. The van der Waals surface area contributed by atoms with Crippen molar-refractivity contribution >= 4 is 16.4 Å². The minimum absolute atomic E-state index is 0.167. The van der Waals surface area contributed by atoms with Crippen molar-refractivity contribution in [3.05, 3.63) is 11.8 Å². The molecule has 2 bridgehead atoms. The Labute approximate surface area is 144 Å². The highest BCUT2D eigenvalue weighted by Gasteiger charge is 2.49. The molecule has 0 spiro atoms. The van der Waals surface area contributed by atoms with Crippen LogP contribution in [0, 0.1) is 0 Å². The van der Waals surface area contributed by atoms with Crippen LogP contribution in [0.3, 0.4) is 0 Å². The summed E-state index contributed by atoms with van der Waals surface area (Å²) in [6, 6.07) is -1.49. The molecule has 3 fully saturated rings. The number of nitrogens with zero attached hydrogens (tertiary/aromatic N) is 4. The zero-order chi connectivity index (χ0) is 17.6. The quantitative estimate of drug-likeness (QED) is 0.709. The van der Waals surface area contributed by atoms with Gasteiger partial charge in [0.1, 0.15) is 6.04 Å². The minimum atomic E-state index is -4.75. The number of amides is 2. The van der Waals surface area contributed by atoms with Gasteiger partial charge in [-0.25, -0.2) is 4.79 Å². The van der Waals surface area contributed by atoms with E-state index in [1.165, 1.54) is 4.90 Å². The van der Waals surface area contributed by atoms with Gasteiger partial charge in [0, 0.05) is 19.0 Å². The van der Waals surface area contributed by atoms with Gasteiger partial charge in [0.15, 0.2) is 0 Å². The number of fused-ring (bicyclic) bond motifs is 2. The van der Waals surface area contributed by atoms with Crippen LogP contribution in [0.25, 0.3) is 0 Å². The van der Waals surface area contributed by atoms with Crippen molar-refractivity contribution in [1.82, 2.24) is 25.5 Å². The Morgan fingerprint density at radius 3 is 2.76 bits per heavy atom. The van der Waals surface area contributed by atoms with Crippen molar-refractivity contribution < 1.29 is 26.5 Å². The Hall–Kier alpha value is -1.76. The number of rotatable bonds is 4. The Morgan fingerprint density at radius 1 is 1.24 bits per heavy atom. The van der Waals surface area contributed by atoms with E-state index in [0.717, 1.165) is 25.9 Å². The fourth-order valence-electron chi connectivity index (χ4n) is 3.70. The third kappa shape index (κ3) is 3.21. The molecule has 3 aliphatic heterocycles. The number of piperidine rings is 2. The van der Waals surface area contributed by atoms with Crippen molar-refractivity contribution in [2.45, 2.75) is 43.7 Å². The summed E-state index contributed by atoms with van der Waals surface area (Å²) in [6.45, 7) is 2.04. The molecule has 138 valence electrons. The molecule has 2 N–H and O–H groups in total. The van der Waals surface area contributed by atoms with Gasteiger partial charge in [0.2, 0.25) is 11.8 Å². The third-order valence-corrected chi connectivity index (χ3v) is 5.23. The van der Waals surface area contributed by atoms with Crippen LogP contribution in [0.1, 0.15) is 49.4 Å². The zero-order valence-electron chi connectivity index (χ0n) is 13.4. The standard InChI is InChI=1S/C13H19N5O6S/c19-13-17-7-9(18(13)24-25(20,21)22)3-4-10(17)12-16-15-11(23-12)8-2-1-5-14-6-8/h8-10,14H,1-7H2,(H,20,21,22)/t8-,9-,10+/m1/s1. The molecule has 1 aromatic rings. The van der Waals surface area contributed by atoms with Gasteiger partial charge in [0.25, 0.3) is 0 Å². The number of nitrogens with one attached hydrogen (secondary N) is 1. The van der Waals surface area contributed by atoms with Gasteiger partial charge >= 0.3 is 16.4 Å². The van der Waals surface area contributed by atoms with Crippen LogP contribution in [-0.2, 0) is 14.7 Å². The van der Waals surface area contributed by atoms with Crippen LogP contribution in [0.15, 0.2) is 4.42 Å². The minimum Gasteiger partial charge on any atom is -0.423 e. The molecule has 3 atom stereocenters. The molecule has 1 aromatic heterocycles. The molecular formula is C13H19N5O6S. The van der Waals surface area contributed by atoms with Gasteiger partial charge in [-0.1, -0.05) is 0 Å². The predicted octanol–water partition coefficient (Wildman–Crippen LogP) is 0.212. The number of hydrogen-bond donors (Lipinski definition) is 2. The molecule has 0 aromatic carbocycles. The first kappa shape index (κ1) is 16.7. The topological polar surface area (TPSA) is 138 Å². The smallest absolute Gasteiger partial charge is 0.418 e.